The average molecular weight is 221 g/mol. The Morgan fingerprint density at radius 1 is 1.50 bits per heavy atom. The van der Waals surface area contributed by atoms with Gasteiger partial charge in [0, 0.05) is 5.56 Å². The van der Waals surface area contributed by atoms with Gasteiger partial charge in [0.2, 0.25) is 0 Å². The van der Waals surface area contributed by atoms with Crippen molar-refractivity contribution in [3.8, 4) is 11.5 Å². The highest BCUT2D eigenvalue weighted by molar-refractivity contribution is 5.44. The third kappa shape index (κ3) is 2.47. The van der Waals surface area contributed by atoms with Crippen LogP contribution in [0.2, 0.25) is 0 Å². The first-order valence-electron chi connectivity index (χ1n) is 5.95. The maximum atomic E-state index is 9.88. The first-order valence-corrected chi connectivity index (χ1v) is 5.95. The minimum Gasteiger partial charge on any atom is -0.508 e. The van der Waals surface area contributed by atoms with E-state index in [1.54, 1.807) is 6.07 Å². The van der Waals surface area contributed by atoms with Crippen molar-refractivity contribution in [1.82, 2.24) is 5.32 Å². The van der Waals surface area contributed by atoms with Crippen LogP contribution in [0.5, 0.6) is 11.5 Å². The van der Waals surface area contributed by atoms with Gasteiger partial charge in [-0.15, -0.1) is 0 Å². The number of ether oxygens (including phenoxy) is 1. The van der Waals surface area contributed by atoms with E-state index in [0.29, 0.717) is 18.3 Å². The van der Waals surface area contributed by atoms with Gasteiger partial charge in [0.15, 0.2) is 0 Å². The maximum Gasteiger partial charge on any atom is 0.126 e. The molecule has 2 N–H and O–H groups in total. The third-order valence-corrected chi connectivity index (χ3v) is 3.06. The fourth-order valence-corrected chi connectivity index (χ4v) is 2.23. The van der Waals surface area contributed by atoms with Crippen molar-refractivity contribution in [2.75, 3.05) is 19.7 Å². The molecule has 3 nitrogen and oxygen atoms in total. The molecule has 0 saturated carbocycles. The van der Waals surface area contributed by atoms with Gasteiger partial charge in [0.05, 0.1) is 6.61 Å². The van der Waals surface area contributed by atoms with E-state index in [9.17, 15) is 5.11 Å². The predicted molar refractivity (Wildman–Crippen MR) is 64.0 cm³/mol. The summed E-state index contributed by atoms with van der Waals surface area (Å²) in [4.78, 5) is 0. The number of phenolic OH excluding ortho intramolecular Hbond substituents is 1. The first kappa shape index (κ1) is 11.3. The maximum absolute atomic E-state index is 9.88. The van der Waals surface area contributed by atoms with Crippen molar-refractivity contribution >= 4 is 0 Å². The highest BCUT2D eigenvalue weighted by Crippen LogP contribution is 2.31. The fourth-order valence-electron chi connectivity index (χ4n) is 2.23. The summed E-state index contributed by atoms with van der Waals surface area (Å²) < 4.78 is 5.55. The number of phenols is 1. The van der Waals surface area contributed by atoms with Gasteiger partial charge in [0.25, 0.3) is 0 Å². The SMILES string of the molecule is CCOc1cccc(O)c1CC1CCNC1. The molecular weight excluding hydrogens is 202 g/mol. The topological polar surface area (TPSA) is 41.5 Å². The summed E-state index contributed by atoms with van der Waals surface area (Å²) in [5, 5.41) is 13.2. The number of nitrogens with one attached hydrogen (secondary N) is 1. The quantitative estimate of drug-likeness (QED) is 0.816. The summed E-state index contributed by atoms with van der Waals surface area (Å²) in [6.07, 6.45) is 2.08. The molecule has 2 rings (SSSR count). The molecule has 1 fully saturated rings. The predicted octanol–water partition coefficient (Wildman–Crippen LogP) is 1.94. The molecule has 0 aliphatic carbocycles. The molecule has 16 heavy (non-hydrogen) atoms. The van der Waals surface area contributed by atoms with Gasteiger partial charge in [-0.1, -0.05) is 6.07 Å². The lowest BCUT2D eigenvalue weighted by Gasteiger charge is -2.14. The van der Waals surface area contributed by atoms with Crippen LogP contribution in [0.3, 0.4) is 0 Å². The molecule has 1 aliphatic heterocycles. The standard InChI is InChI=1S/C13H19NO2/c1-2-16-13-5-3-4-12(15)11(13)8-10-6-7-14-9-10/h3-5,10,14-15H,2,6-9H2,1H3. The molecule has 88 valence electrons. The average Bonchev–Trinajstić information content (AvgIpc) is 2.76. The normalized spacial score (nSPS) is 19.9. The molecule has 1 aromatic carbocycles. The van der Waals surface area contributed by atoms with Crippen molar-refractivity contribution in [1.29, 1.82) is 0 Å². The number of rotatable bonds is 4. The zero-order valence-electron chi connectivity index (χ0n) is 9.70. The molecule has 0 radical (unpaired) electrons. The second-order valence-electron chi connectivity index (χ2n) is 4.25. The molecular formula is C13H19NO2. The Morgan fingerprint density at radius 3 is 3.06 bits per heavy atom. The first-order chi connectivity index (χ1) is 7.81. The summed E-state index contributed by atoms with van der Waals surface area (Å²) in [5.41, 5.74) is 0.957. The van der Waals surface area contributed by atoms with Gasteiger partial charge in [-0.25, -0.2) is 0 Å². The van der Waals surface area contributed by atoms with Crippen LogP contribution in [0.1, 0.15) is 18.9 Å². The van der Waals surface area contributed by atoms with E-state index in [0.717, 1.165) is 30.8 Å². The van der Waals surface area contributed by atoms with Crippen molar-refractivity contribution < 1.29 is 9.84 Å². The Bertz CT molecular complexity index is 346. The lowest BCUT2D eigenvalue weighted by molar-refractivity contribution is 0.330. The molecule has 3 heteroatoms. The number of benzene rings is 1. The smallest absolute Gasteiger partial charge is 0.126 e. The van der Waals surface area contributed by atoms with Crippen molar-refractivity contribution in [3.05, 3.63) is 23.8 Å². The summed E-state index contributed by atoms with van der Waals surface area (Å²) in [5.74, 6) is 1.81. The van der Waals surface area contributed by atoms with Crippen LogP contribution in [0.4, 0.5) is 0 Å². The van der Waals surface area contributed by atoms with Gasteiger partial charge >= 0.3 is 0 Å². The number of hydrogen-bond acceptors (Lipinski definition) is 3. The summed E-state index contributed by atoms with van der Waals surface area (Å²) in [6, 6.07) is 5.50. The van der Waals surface area contributed by atoms with E-state index in [1.165, 1.54) is 6.42 Å². The van der Waals surface area contributed by atoms with Crippen molar-refractivity contribution in [2.24, 2.45) is 5.92 Å². The molecule has 1 aliphatic rings. The Labute approximate surface area is 96.4 Å². The van der Waals surface area contributed by atoms with Crippen LogP contribution in [0.25, 0.3) is 0 Å². The summed E-state index contributed by atoms with van der Waals surface area (Å²) in [6.45, 7) is 4.73. The third-order valence-electron chi connectivity index (χ3n) is 3.06. The highest BCUT2D eigenvalue weighted by atomic mass is 16.5. The van der Waals surface area contributed by atoms with Crippen LogP contribution in [-0.4, -0.2) is 24.8 Å². The molecule has 1 saturated heterocycles. The minimum atomic E-state index is 0.359. The van der Waals surface area contributed by atoms with E-state index in [2.05, 4.69) is 5.32 Å². The molecule has 0 bridgehead atoms. The summed E-state index contributed by atoms with van der Waals surface area (Å²) >= 11 is 0. The van der Waals surface area contributed by atoms with E-state index in [-0.39, 0.29) is 0 Å². The van der Waals surface area contributed by atoms with Gasteiger partial charge in [-0.05, 0) is 50.9 Å². The van der Waals surface area contributed by atoms with Crippen LogP contribution >= 0.6 is 0 Å². The van der Waals surface area contributed by atoms with E-state index in [1.807, 2.05) is 19.1 Å². The van der Waals surface area contributed by atoms with Gasteiger partial charge < -0.3 is 15.2 Å². The lowest BCUT2D eigenvalue weighted by atomic mass is 9.97. The van der Waals surface area contributed by atoms with Crippen LogP contribution in [-0.2, 0) is 6.42 Å². The van der Waals surface area contributed by atoms with Gasteiger partial charge in [0.1, 0.15) is 11.5 Å². The Morgan fingerprint density at radius 2 is 2.38 bits per heavy atom. The molecule has 1 unspecified atom stereocenters. The van der Waals surface area contributed by atoms with E-state index < -0.39 is 0 Å². The van der Waals surface area contributed by atoms with Crippen molar-refractivity contribution in [2.45, 2.75) is 19.8 Å². The van der Waals surface area contributed by atoms with Gasteiger partial charge in [-0.3, -0.25) is 0 Å². The van der Waals surface area contributed by atoms with Crippen LogP contribution in [0.15, 0.2) is 18.2 Å². The second kappa shape index (κ2) is 5.21. The Hall–Kier alpha value is -1.22. The lowest BCUT2D eigenvalue weighted by Crippen LogP contribution is -2.11. The van der Waals surface area contributed by atoms with Gasteiger partial charge in [-0.2, -0.15) is 0 Å². The van der Waals surface area contributed by atoms with E-state index in [4.69, 9.17) is 4.74 Å². The van der Waals surface area contributed by atoms with E-state index >= 15 is 0 Å². The second-order valence-corrected chi connectivity index (χ2v) is 4.25. The van der Waals surface area contributed by atoms with Crippen molar-refractivity contribution in [3.63, 3.8) is 0 Å². The zero-order chi connectivity index (χ0) is 11.4. The fraction of sp³-hybridized carbons (Fsp3) is 0.538. The zero-order valence-corrected chi connectivity index (χ0v) is 9.70. The molecule has 1 atom stereocenters. The Kier molecular flexibility index (Phi) is 3.67. The molecule has 1 heterocycles. The minimum absolute atomic E-state index is 0.359. The van der Waals surface area contributed by atoms with Crippen LogP contribution < -0.4 is 10.1 Å². The number of aromatic hydroxyl groups is 1. The molecule has 0 spiro atoms. The van der Waals surface area contributed by atoms with Crippen LogP contribution in [0, 0.1) is 5.92 Å². The molecule has 1 aromatic rings. The molecule has 0 amide bonds. The molecule has 0 aromatic heterocycles. The number of hydrogen-bond donors (Lipinski definition) is 2. The monoisotopic (exact) mass is 221 g/mol. The highest BCUT2D eigenvalue weighted by Gasteiger charge is 2.19. The summed E-state index contributed by atoms with van der Waals surface area (Å²) in [7, 11) is 0. The Balaban J connectivity index is 2.16. The largest absolute Gasteiger partial charge is 0.508 e.